The lowest BCUT2D eigenvalue weighted by Gasteiger charge is -2.34. The van der Waals surface area contributed by atoms with Gasteiger partial charge >= 0.3 is 0 Å². The molecule has 162 valence electrons. The summed E-state index contributed by atoms with van der Waals surface area (Å²) in [5.74, 6) is 1.56. The Hall–Kier alpha value is -2.08. The van der Waals surface area contributed by atoms with Gasteiger partial charge in [0.15, 0.2) is 5.96 Å². The van der Waals surface area contributed by atoms with Crippen molar-refractivity contribution in [3.8, 4) is 0 Å². The Labute approximate surface area is 176 Å². The lowest BCUT2D eigenvalue weighted by molar-refractivity contribution is 0.0827. The fourth-order valence-electron chi connectivity index (χ4n) is 4.13. The molecule has 1 atom stereocenters. The number of nitrogens with zero attached hydrogens (tertiary/aromatic N) is 3. The zero-order chi connectivity index (χ0) is 21.2. The minimum atomic E-state index is 0.0244. The van der Waals surface area contributed by atoms with Crippen molar-refractivity contribution in [3.05, 3.63) is 35.4 Å². The number of aliphatic imine (C=N–C) groups is 1. The molecule has 0 aromatic heterocycles. The van der Waals surface area contributed by atoms with Crippen molar-refractivity contribution >= 4 is 11.9 Å². The van der Waals surface area contributed by atoms with Crippen molar-refractivity contribution < 1.29 is 4.79 Å². The Kier molecular flexibility index (Phi) is 9.45. The highest BCUT2D eigenvalue weighted by atomic mass is 16.2. The summed E-state index contributed by atoms with van der Waals surface area (Å²) in [5, 5.41) is 6.95. The molecule has 1 aromatic rings. The van der Waals surface area contributed by atoms with Crippen LogP contribution in [0.15, 0.2) is 29.3 Å². The van der Waals surface area contributed by atoms with E-state index in [0.29, 0.717) is 24.1 Å². The molecule has 1 aromatic carbocycles. The third-order valence-electron chi connectivity index (χ3n) is 5.97. The Morgan fingerprint density at radius 3 is 2.24 bits per heavy atom. The Bertz CT molecular complexity index is 644. The number of carbonyl (C=O) groups is 1. The molecule has 1 aliphatic rings. The van der Waals surface area contributed by atoms with Crippen LogP contribution in [-0.2, 0) is 6.54 Å². The molecule has 1 heterocycles. The van der Waals surface area contributed by atoms with Gasteiger partial charge in [0.1, 0.15) is 0 Å². The fourth-order valence-corrected chi connectivity index (χ4v) is 4.13. The van der Waals surface area contributed by atoms with Gasteiger partial charge in [0.25, 0.3) is 5.91 Å². The fraction of sp³-hybridized carbons (Fsp3) is 0.652. The van der Waals surface area contributed by atoms with E-state index in [0.717, 1.165) is 18.1 Å². The zero-order valence-corrected chi connectivity index (χ0v) is 18.9. The number of benzene rings is 1. The van der Waals surface area contributed by atoms with Gasteiger partial charge in [-0.1, -0.05) is 38.8 Å². The molecule has 0 spiro atoms. The van der Waals surface area contributed by atoms with Crippen LogP contribution in [0.25, 0.3) is 0 Å². The summed E-state index contributed by atoms with van der Waals surface area (Å²) in [6.07, 6.45) is 5.05. The van der Waals surface area contributed by atoms with Crippen LogP contribution >= 0.6 is 0 Å². The van der Waals surface area contributed by atoms with Crippen LogP contribution in [0.4, 0.5) is 0 Å². The quantitative estimate of drug-likeness (QED) is 0.493. The number of rotatable bonds is 9. The van der Waals surface area contributed by atoms with E-state index >= 15 is 0 Å². The minimum absolute atomic E-state index is 0.0244. The van der Waals surface area contributed by atoms with E-state index in [-0.39, 0.29) is 5.91 Å². The minimum Gasteiger partial charge on any atom is -0.355 e. The smallest absolute Gasteiger partial charge is 0.253 e. The highest BCUT2D eigenvalue weighted by molar-refractivity contribution is 5.93. The first-order valence-electron chi connectivity index (χ1n) is 11.0. The van der Waals surface area contributed by atoms with Gasteiger partial charge < -0.3 is 15.5 Å². The first kappa shape index (κ1) is 23.2. The predicted molar refractivity (Wildman–Crippen MR) is 121 cm³/mol. The molecule has 6 nitrogen and oxygen atoms in total. The summed E-state index contributed by atoms with van der Waals surface area (Å²) in [6, 6.07) is 8.31. The SMILES string of the molecule is CCC(CC)C(CNC(=NC)NCc1ccc(C(=O)N(C)C)cc1)N1CCCC1. The maximum Gasteiger partial charge on any atom is 0.253 e. The molecule has 0 saturated carbocycles. The van der Waals surface area contributed by atoms with E-state index < -0.39 is 0 Å². The molecule has 29 heavy (non-hydrogen) atoms. The molecule has 0 aliphatic carbocycles. The average molecular weight is 402 g/mol. The van der Waals surface area contributed by atoms with Crippen molar-refractivity contribution in [2.75, 3.05) is 40.8 Å². The summed E-state index contributed by atoms with van der Waals surface area (Å²) in [7, 11) is 5.35. The molecule has 0 bridgehead atoms. The van der Waals surface area contributed by atoms with Crippen molar-refractivity contribution in [3.63, 3.8) is 0 Å². The van der Waals surface area contributed by atoms with E-state index in [2.05, 4.69) is 34.4 Å². The number of hydrogen-bond donors (Lipinski definition) is 2. The van der Waals surface area contributed by atoms with Gasteiger partial charge in [-0.25, -0.2) is 0 Å². The van der Waals surface area contributed by atoms with Gasteiger partial charge in [-0.15, -0.1) is 0 Å². The monoisotopic (exact) mass is 401 g/mol. The average Bonchev–Trinajstić information content (AvgIpc) is 3.27. The van der Waals surface area contributed by atoms with Crippen LogP contribution in [-0.4, -0.2) is 68.5 Å². The van der Waals surface area contributed by atoms with Crippen molar-refractivity contribution in [1.82, 2.24) is 20.4 Å². The van der Waals surface area contributed by atoms with Crippen molar-refractivity contribution in [2.45, 2.75) is 52.1 Å². The van der Waals surface area contributed by atoms with Gasteiger partial charge in [0.2, 0.25) is 0 Å². The van der Waals surface area contributed by atoms with Crippen molar-refractivity contribution in [2.24, 2.45) is 10.9 Å². The molecule has 0 radical (unpaired) electrons. The van der Waals surface area contributed by atoms with E-state index in [9.17, 15) is 4.79 Å². The Balaban J connectivity index is 1.90. The van der Waals surface area contributed by atoms with E-state index in [1.807, 2.05) is 31.3 Å². The molecule has 1 saturated heterocycles. The van der Waals surface area contributed by atoms with Crippen LogP contribution in [0.2, 0.25) is 0 Å². The van der Waals surface area contributed by atoms with Crippen LogP contribution in [0, 0.1) is 5.92 Å². The number of amides is 1. The molecule has 1 fully saturated rings. The second-order valence-electron chi connectivity index (χ2n) is 8.09. The first-order chi connectivity index (χ1) is 14.0. The molecular weight excluding hydrogens is 362 g/mol. The molecule has 2 N–H and O–H groups in total. The normalized spacial score (nSPS) is 16.1. The highest BCUT2D eigenvalue weighted by Gasteiger charge is 2.27. The number of guanidine groups is 1. The topological polar surface area (TPSA) is 60.0 Å². The summed E-state index contributed by atoms with van der Waals surface area (Å²) in [6.45, 7) is 8.63. The van der Waals surface area contributed by atoms with Gasteiger partial charge in [0.05, 0.1) is 0 Å². The van der Waals surface area contributed by atoms with Crippen LogP contribution in [0.1, 0.15) is 55.5 Å². The predicted octanol–water partition coefficient (Wildman–Crippen LogP) is 2.95. The summed E-state index contributed by atoms with van der Waals surface area (Å²) in [4.78, 5) is 20.6. The number of hydrogen-bond acceptors (Lipinski definition) is 3. The molecule has 2 rings (SSSR count). The van der Waals surface area contributed by atoms with E-state index in [4.69, 9.17) is 0 Å². The van der Waals surface area contributed by atoms with Crippen LogP contribution < -0.4 is 10.6 Å². The van der Waals surface area contributed by atoms with Crippen LogP contribution in [0.5, 0.6) is 0 Å². The lowest BCUT2D eigenvalue weighted by Crippen LogP contribution is -2.49. The molecule has 1 amide bonds. The second kappa shape index (κ2) is 11.8. The maximum absolute atomic E-state index is 12.0. The zero-order valence-electron chi connectivity index (χ0n) is 18.9. The maximum atomic E-state index is 12.0. The third-order valence-corrected chi connectivity index (χ3v) is 5.97. The molecule has 6 heteroatoms. The molecular formula is C23H39N5O. The largest absolute Gasteiger partial charge is 0.355 e. The van der Waals surface area contributed by atoms with Crippen LogP contribution in [0.3, 0.4) is 0 Å². The van der Waals surface area contributed by atoms with Gasteiger partial charge in [-0.05, 0) is 49.5 Å². The lowest BCUT2D eigenvalue weighted by atomic mass is 9.93. The standard InChI is InChI=1S/C23H39N5O/c1-6-19(7-2)21(28-14-8-9-15-28)17-26-23(24-3)25-16-18-10-12-20(13-11-18)22(29)27(4)5/h10-13,19,21H,6-9,14-17H2,1-5H3,(H2,24,25,26). The number of carbonyl (C=O) groups excluding carboxylic acids is 1. The van der Waals surface area contributed by atoms with E-state index in [1.165, 1.54) is 38.8 Å². The Morgan fingerprint density at radius 2 is 1.72 bits per heavy atom. The second-order valence-corrected chi connectivity index (χ2v) is 8.09. The number of nitrogens with one attached hydrogen (secondary N) is 2. The van der Waals surface area contributed by atoms with Gasteiger partial charge in [0, 0.05) is 45.8 Å². The van der Waals surface area contributed by atoms with E-state index in [1.54, 1.807) is 19.0 Å². The number of likely N-dealkylation sites (tertiary alicyclic amines) is 1. The molecule has 1 unspecified atom stereocenters. The highest BCUT2D eigenvalue weighted by Crippen LogP contribution is 2.22. The summed E-state index contributed by atoms with van der Waals surface area (Å²) >= 11 is 0. The summed E-state index contributed by atoms with van der Waals surface area (Å²) in [5.41, 5.74) is 1.83. The van der Waals surface area contributed by atoms with Gasteiger partial charge in [-0.2, -0.15) is 0 Å². The van der Waals surface area contributed by atoms with Crippen molar-refractivity contribution in [1.29, 1.82) is 0 Å². The summed E-state index contributed by atoms with van der Waals surface area (Å²) < 4.78 is 0. The molecule has 1 aliphatic heterocycles. The Morgan fingerprint density at radius 1 is 1.10 bits per heavy atom. The third kappa shape index (κ3) is 6.74. The first-order valence-corrected chi connectivity index (χ1v) is 11.0. The van der Waals surface area contributed by atoms with Gasteiger partial charge in [-0.3, -0.25) is 14.7 Å².